The summed E-state index contributed by atoms with van der Waals surface area (Å²) in [5.41, 5.74) is 0. The van der Waals surface area contributed by atoms with Gasteiger partial charge in [-0.2, -0.15) is 0 Å². The monoisotopic (exact) mass is 964 g/mol. The number of allylic oxidation sites excluding steroid dienone is 3. The van der Waals surface area contributed by atoms with Gasteiger partial charge in [-0.1, -0.05) is 276 Å². The zero-order valence-corrected chi connectivity index (χ0v) is 44.6. The zero-order valence-electron chi connectivity index (χ0n) is 44.6. The van der Waals surface area contributed by atoms with Crippen LogP contribution in [-0.2, 0) is 14.3 Å². The fraction of sp³-hybridized carbons (Fsp3) is 0.915. The minimum atomic E-state index is -1.57. The average Bonchev–Trinajstić information content (AvgIpc) is 3.34. The number of amides is 1. The van der Waals surface area contributed by atoms with Crippen LogP contribution in [0.2, 0.25) is 0 Å². The molecule has 0 aromatic heterocycles. The predicted octanol–water partition coefficient (Wildman–Crippen LogP) is 14.6. The summed E-state index contributed by atoms with van der Waals surface area (Å²) in [6.07, 6.45) is 56.0. The van der Waals surface area contributed by atoms with Crippen LogP contribution >= 0.6 is 0 Å². The highest BCUT2D eigenvalue weighted by Gasteiger charge is 2.44. The number of aliphatic hydroxyl groups is 5. The second-order valence-corrected chi connectivity index (χ2v) is 20.8. The zero-order chi connectivity index (χ0) is 49.4. The van der Waals surface area contributed by atoms with E-state index in [1.54, 1.807) is 6.08 Å². The number of hydrogen-bond donors (Lipinski definition) is 6. The first kappa shape index (κ1) is 64.7. The van der Waals surface area contributed by atoms with Crippen molar-refractivity contribution in [3.8, 4) is 0 Å². The van der Waals surface area contributed by atoms with Crippen LogP contribution in [0, 0.1) is 0 Å². The Hall–Kier alpha value is -1.33. The summed E-state index contributed by atoms with van der Waals surface area (Å²) in [7, 11) is 0. The maximum absolute atomic E-state index is 13.0. The molecular formula is C59H113NO8. The number of hydrogen-bond acceptors (Lipinski definition) is 8. The lowest BCUT2D eigenvalue weighted by molar-refractivity contribution is -0.302. The van der Waals surface area contributed by atoms with Gasteiger partial charge in [0.1, 0.15) is 24.4 Å². The van der Waals surface area contributed by atoms with Crippen molar-refractivity contribution in [1.29, 1.82) is 0 Å². The van der Waals surface area contributed by atoms with Gasteiger partial charge in [-0.3, -0.25) is 4.79 Å². The largest absolute Gasteiger partial charge is 0.394 e. The van der Waals surface area contributed by atoms with Gasteiger partial charge in [0.2, 0.25) is 5.91 Å². The van der Waals surface area contributed by atoms with Crippen LogP contribution in [0.3, 0.4) is 0 Å². The van der Waals surface area contributed by atoms with E-state index < -0.39 is 49.5 Å². The molecule has 7 unspecified atom stereocenters. The molecule has 0 aromatic rings. The minimum absolute atomic E-state index is 0.184. The highest BCUT2D eigenvalue weighted by atomic mass is 16.7. The van der Waals surface area contributed by atoms with E-state index in [0.29, 0.717) is 6.42 Å². The Morgan fingerprint density at radius 3 is 1.24 bits per heavy atom. The summed E-state index contributed by atoms with van der Waals surface area (Å²) in [5.74, 6) is -0.184. The van der Waals surface area contributed by atoms with Gasteiger partial charge in [-0.25, -0.2) is 0 Å². The molecule has 1 aliphatic heterocycles. The van der Waals surface area contributed by atoms with Crippen molar-refractivity contribution >= 4 is 5.91 Å². The Balaban J connectivity index is 2.00. The molecule has 0 bridgehead atoms. The van der Waals surface area contributed by atoms with Crippen LogP contribution in [0.25, 0.3) is 0 Å². The Bertz CT molecular complexity index is 1120. The van der Waals surface area contributed by atoms with Crippen LogP contribution in [0.4, 0.5) is 0 Å². The molecule has 1 aliphatic rings. The summed E-state index contributed by atoms with van der Waals surface area (Å²) in [6.45, 7) is 3.73. The van der Waals surface area contributed by atoms with E-state index in [1.165, 1.54) is 231 Å². The number of carbonyl (C=O) groups excluding carboxylic acids is 1. The molecule has 1 amide bonds. The Labute approximate surface area is 419 Å². The van der Waals surface area contributed by atoms with Gasteiger partial charge in [0.25, 0.3) is 0 Å². The summed E-state index contributed by atoms with van der Waals surface area (Å²) in [6, 6.07) is -0.816. The van der Waals surface area contributed by atoms with Gasteiger partial charge in [-0.05, 0) is 32.1 Å². The van der Waals surface area contributed by atoms with E-state index in [4.69, 9.17) is 9.47 Å². The fourth-order valence-electron chi connectivity index (χ4n) is 9.59. The van der Waals surface area contributed by atoms with Crippen LogP contribution in [0.1, 0.15) is 290 Å². The van der Waals surface area contributed by atoms with Crippen molar-refractivity contribution in [2.45, 2.75) is 333 Å². The molecule has 0 radical (unpaired) electrons. The van der Waals surface area contributed by atoms with Crippen molar-refractivity contribution in [3.63, 3.8) is 0 Å². The normalized spacial score (nSPS) is 19.7. The summed E-state index contributed by atoms with van der Waals surface area (Å²) in [5, 5.41) is 54.1. The van der Waals surface area contributed by atoms with E-state index >= 15 is 0 Å². The number of rotatable bonds is 51. The lowest BCUT2D eigenvalue weighted by atomic mass is 9.99. The first-order chi connectivity index (χ1) is 33.3. The number of unbranched alkanes of at least 4 members (excludes halogenated alkanes) is 39. The maximum atomic E-state index is 13.0. The topological polar surface area (TPSA) is 149 Å². The number of ether oxygens (including phenoxy) is 2. The molecule has 9 heteroatoms. The molecular weight excluding hydrogens is 851 g/mol. The third-order valence-electron chi connectivity index (χ3n) is 14.3. The van der Waals surface area contributed by atoms with Gasteiger partial charge in [0.15, 0.2) is 6.29 Å². The van der Waals surface area contributed by atoms with E-state index in [9.17, 15) is 30.3 Å². The average molecular weight is 965 g/mol. The van der Waals surface area contributed by atoms with Crippen molar-refractivity contribution in [3.05, 3.63) is 24.3 Å². The van der Waals surface area contributed by atoms with E-state index in [-0.39, 0.29) is 12.5 Å². The number of aliphatic hydroxyl groups excluding tert-OH is 5. The van der Waals surface area contributed by atoms with Crippen molar-refractivity contribution in [2.24, 2.45) is 0 Å². The summed E-state index contributed by atoms with van der Waals surface area (Å²) < 4.78 is 11.2. The van der Waals surface area contributed by atoms with Crippen LogP contribution in [0.5, 0.6) is 0 Å². The van der Waals surface area contributed by atoms with Gasteiger partial charge in [-0.15, -0.1) is 0 Å². The van der Waals surface area contributed by atoms with Crippen molar-refractivity contribution in [1.82, 2.24) is 5.32 Å². The molecule has 0 spiro atoms. The quantitative estimate of drug-likeness (QED) is 0.0261. The summed E-state index contributed by atoms with van der Waals surface area (Å²) in [4.78, 5) is 13.0. The van der Waals surface area contributed by atoms with Crippen molar-refractivity contribution < 1.29 is 39.8 Å². The van der Waals surface area contributed by atoms with Crippen LogP contribution in [-0.4, -0.2) is 87.5 Å². The first-order valence-electron chi connectivity index (χ1n) is 29.6. The molecule has 1 saturated heterocycles. The number of carbonyl (C=O) groups is 1. The molecule has 1 heterocycles. The molecule has 0 aliphatic carbocycles. The van der Waals surface area contributed by atoms with E-state index in [0.717, 1.165) is 38.5 Å². The highest BCUT2D eigenvalue weighted by molar-refractivity contribution is 5.76. The van der Waals surface area contributed by atoms with Gasteiger partial charge in [0.05, 0.1) is 25.4 Å². The van der Waals surface area contributed by atoms with Gasteiger partial charge >= 0.3 is 0 Å². The van der Waals surface area contributed by atoms with E-state index in [1.807, 2.05) is 6.08 Å². The first-order valence-corrected chi connectivity index (χ1v) is 29.6. The molecule has 1 rings (SSSR count). The third-order valence-corrected chi connectivity index (χ3v) is 14.3. The third kappa shape index (κ3) is 38.4. The molecule has 0 saturated carbocycles. The molecule has 402 valence electrons. The van der Waals surface area contributed by atoms with Crippen molar-refractivity contribution in [2.75, 3.05) is 13.2 Å². The molecule has 6 N–H and O–H groups in total. The number of nitrogens with one attached hydrogen (secondary N) is 1. The minimum Gasteiger partial charge on any atom is -0.394 e. The standard InChI is InChI=1S/C59H113NO8/c1-3-5-7-9-11-13-14-15-16-17-18-19-20-21-22-23-24-25-26-27-28-29-30-31-32-33-34-35-36-37-38-39-41-43-45-47-49-55(63)60-52(53(62)48-46-44-42-40-12-10-8-6-4-2)51-67-59-58(66)57(65)56(64)54(50-61)68-59/h12,40,46,48,52-54,56-59,61-62,64-66H,3-11,13-39,41-45,47,49-51H2,1-2H3,(H,60,63)/b40-12+,48-46+. The van der Waals surface area contributed by atoms with Gasteiger partial charge < -0.3 is 40.3 Å². The smallest absolute Gasteiger partial charge is 0.220 e. The lowest BCUT2D eigenvalue weighted by Gasteiger charge is -2.40. The highest BCUT2D eigenvalue weighted by Crippen LogP contribution is 2.23. The summed E-state index contributed by atoms with van der Waals surface area (Å²) >= 11 is 0. The Morgan fingerprint density at radius 2 is 0.838 bits per heavy atom. The second kappa shape index (κ2) is 49.3. The molecule has 1 fully saturated rings. The Kier molecular flexibility index (Phi) is 46.9. The molecule has 68 heavy (non-hydrogen) atoms. The second-order valence-electron chi connectivity index (χ2n) is 20.8. The molecule has 7 atom stereocenters. The SMILES string of the molecule is CCCCC/C=C/CC/C=C/C(O)C(COC1OC(CO)C(O)C(O)C1O)NC(=O)CCCCCCCCCCCCCCCCCCCCCCCCCCCCCCCCCCCCCC. The molecule has 0 aromatic carbocycles. The van der Waals surface area contributed by atoms with Crippen LogP contribution < -0.4 is 5.32 Å². The Morgan fingerprint density at radius 1 is 0.485 bits per heavy atom. The van der Waals surface area contributed by atoms with E-state index in [2.05, 4.69) is 31.3 Å². The lowest BCUT2D eigenvalue weighted by Crippen LogP contribution is -2.60. The van der Waals surface area contributed by atoms with Crippen LogP contribution in [0.15, 0.2) is 24.3 Å². The predicted molar refractivity (Wildman–Crippen MR) is 286 cm³/mol. The van der Waals surface area contributed by atoms with Gasteiger partial charge in [0, 0.05) is 6.42 Å². The maximum Gasteiger partial charge on any atom is 0.220 e. The molecule has 9 nitrogen and oxygen atoms in total. The fourth-order valence-corrected chi connectivity index (χ4v) is 9.59.